The van der Waals surface area contributed by atoms with E-state index in [0.717, 1.165) is 0 Å². The molecule has 100 valence electrons. The summed E-state index contributed by atoms with van der Waals surface area (Å²) in [7, 11) is 1.51. The number of rotatable bonds is 5. The average molecular weight is 272 g/mol. The van der Waals surface area contributed by atoms with Crippen LogP contribution in [0.25, 0.3) is 0 Å². The van der Waals surface area contributed by atoms with Crippen molar-refractivity contribution >= 4 is 17.5 Å². The van der Waals surface area contributed by atoms with Gasteiger partial charge in [-0.15, -0.1) is 11.6 Å². The predicted octanol–water partition coefficient (Wildman–Crippen LogP) is 2.54. The molecule has 0 bridgehead atoms. The van der Waals surface area contributed by atoms with Gasteiger partial charge < -0.3 is 15.2 Å². The molecule has 0 heterocycles. The largest absolute Gasteiger partial charge is 0.507 e. The Morgan fingerprint density at radius 1 is 1.50 bits per heavy atom. The lowest BCUT2D eigenvalue weighted by molar-refractivity contribution is 0.0908. The number of benzene rings is 1. The third kappa shape index (κ3) is 3.81. The molecule has 0 spiro atoms. The summed E-state index contributed by atoms with van der Waals surface area (Å²) in [6, 6.07) is 4.53. The standard InChI is InChI=1S/C13H18ClNO3/c1-13(2,6-7-14)15-12(17)10-8-9(18-3)4-5-11(10)16/h4-5,8,16H,6-7H2,1-3H3,(H,15,17). The van der Waals surface area contributed by atoms with Gasteiger partial charge in [0.2, 0.25) is 0 Å². The Morgan fingerprint density at radius 2 is 2.17 bits per heavy atom. The second-order valence-electron chi connectivity index (χ2n) is 4.66. The lowest BCUT2D eigenvalue weighted by Crippen LogP contribution is -2.43. The summed E-state index contributed by atoms with van der Waals surface area (Å²) in [4.78, 5) is 12.1. The van der Waals surface area contributed by atoms with E-state index < -0.39 is 5.54 Å². The summed E-state index contributed by atoms with van der Waals surface area (Å²) < 4.78 is 5.03. The maximum atomic E-state index is 12.1. The number of hydrogen-bond acceptors (Lipinski definition) is 3. The van der Waals surface area contributed by atoms with Crippen molar-refractivity contribution in [1.29, 1.82) is 0 Å². The molecule has 0 fully saturated rings. The van der Waals surface area contributed by atoms with Crippen LogP contribution < -0.4 is 10.1 Å². The molecule has 0 aliphatic heterocycles. The second kappa shape index (κ2) is 5.96. The maximum absolute atomic E-state index is 12.1. The van der Waals surface area contributed by atoms with E-state index >= 15 is 0 Å². The van der Waals surface area contributed by atoms with Gasteiger partial charge in [-0.2, -0.15) is 0 Å². The third-order valence-electron chi connectivity index (χ3n) is 2.62. The summed E-state index contributed by atoms with van der Waals surface area (Å²) in [6.07, 6.45) is 0.644. The van der Waals surface area contributed by atoms with Gasteiger partial charge in [0.1, 0.15) is 11.5 Å². The van der Waals surface area contributed by atoms with Crippen LogP contribution in [0.2, 0.25) is 0 Å². The SMILES string of the molecule is COc1ccc(O)c(C(=O)NC(C)(C)CCCl)c1. The van der Waals surface area contributed by atoms with Crippen LogP contribution in [0.4, 0.5) is 0 Å². The van der Waals surface area contributed by atoms with Crippen LogP contribution in [0.15, 0.2) is 18.2 Å². The van der Waals surface area contributed by atoms with Crippen LogP contribution in [0.1, 0.15) is 30.6 Å². The van der Waals surface area contributed by atoms with Crippen LogP contribution >= 0.6 is 11.6 Å². The molecule has 0 saturated carbocycles. The average Bonchev–Trinajstić information content (AvgIpc) is 2.28. The van der Waals surface area contributed by atoms with Crippen LogP contribution in [-0.4, -0.2) is 29.5 Å². The molecule has 0 atom stereocenters. The van der Waals surface area contributed by atoms with Crippen molar-refractivity contribution in [3.05, 3.63) is 23.8 Å². The number of carbonyl (C=O) groups is 1. The summed E-state index contributed by atoms with van der Waals surface area (Å²) in [6.45, 7) is 3.76. The first-order chi connectivity index (χ1) is 8.39. The number of halogens is 1. The van der Waals surface area contributed by atoms with Gasteiger partial charge in [0.15, 0.2) is 0 Å². The van der Waals surface area contributed by atoms with E-state index in [2.05, 4.69) is 5.32 Å². The van der Waals surface area contributed by atoms with Crippen molar-refractivity contribution in [1.82, 2.24) is 5.32 Å². The second-order valence-corrected chi connectivity index (χ2v) is 5.04. The minimum atomic E-state index is -0.422. The molecule has 1 amide bonds. The number of amides is 1. The van der Waals surface area contributed by atoms with Crippen molar-refractivity contribution in [2.75, 3.05) is 13.0 Å². The number of phenols is 1. The fourth-order valence-corrected chi connectivity index (χ4v) is 1.97. The molecule has 0 aliphatic rings. The summed E-state index contributed by atoms with van der Waals surface area (Å²) in [5, 5.41) is 12.5. The number of nitrogens with one attached hydrogen (secondary N) is 1. The van der Waals surface area contributed by atoms with Gasteiger partial charge in [-0.05, 0) is 38.5 Å². The van der Waals surface area contributed by atoms with Crippen LogP contribution in [0, 0.1) is 0 Å². The van der Waals surface area contributed by atoms with Crippen molar-refractivity contribution in [2.24, 2.45) is 0 Å². The number of hydrogen-bond donors (Lipinski definition) is 2. The van der Waals surface area contributed by atoms with E-state index in [0.29, 0.717) is 18.1 Å². The van der Waals surface area contributed by atoms with Gasteiger partial charge in [-0.3, -0.25) is 4.79 Å². The fraction of sp³-hybridized carbons (Fsp3) is 0.462. The molecule has 0 saturated heterocycles. The first kappa shape index (κ1) is 14.6. The van der Waals surface area contributed by atoms with E-state index in [9.17, 15) is 9.90 Å². The summed E-state index contributed by atoms with van der Waals surface area (Å²) in [5.41, 5.74) is -0.231. The molecule has 1 aromatic rings. The topological polar surface area (TPSA) is 58.6 Å². The Morgan fingerprint density at radius 3 is 2.72 bits per heavy atom. The van der Waals surface area contributed by atoms with E-state index in [4.69, 9.17) is 16.3 Å². The molecule has 5 heteroatoms. The quantitative estimate of drug-likeness (QED) is 0.809. The third-order valence-corrected chi connectivity index (χ3v) is 2.81. The number of phenolic OH excluding ortho intramolecular Hbond substituents is 1. The first-order valence-corrected chi connectivity index (χ1v) is 6.18. The Labute approximate surface area is 112 Å². The van der Waals surface area contributed by atoms with Crippen LogP contribution in [0.5, 0.6) is 11.5 Å². The van der Waals surface area contributed by atoms with E-state index in [1.54, 1.807) is 6.07 Å². The van der Waals surface area contributed by atoms with Gasteiger partial charge in [0.05, 0.1) is 12.7 Å². The van der Waals surface area contributed by atoms with Gasteiger partial charge in [0, 0.05) is 11.4 Å². The van der Waals surface area contributed by atoms with Crippen LogP contribution in [0.3, 0.4) is 0 Å². The molecule has 1 rings (SSSR count). The Hall–Kier alpha value is -1.42. The summed E-state index contributed by atoms with van der Waals surface area (Å²) >= 11 is 5.67. The maximum Gasteiger partial charge on any atom is 0.255 e. The lowest BCUT2D eigenvalue weighted by atomic mass is 10.0. The predicted molar refractivity (Wildman–Crippen MR) is 71.5 cm³/mol. The Bertz CT molecular complexity index is 432. The normalized spacial score (nSPS) is 11.1. The van der Waals surface area contributed by atoms with Gasteiger partial charge >= 0.3 is 0 Å². The monoisotopic (exact) mass is 271 g/mol. The van der Waals surface area contributed by atoms with Crippen molar-refractivity contribution in [2.45, 2.75) is 25.8 Å². The van der Waals surface area contributed by atoms with Gasteiger partial charge in [-0.25, -0.2) is 0 Å². The number of alkyl halides is 1. The molecular formula is C13H18ClNO3. The minimum Gasteiger partial charge on any atom is -0.507 e. The molecule has 0 radical (unpaired) electrons. The molecule has 0 aromatic heterocycles. The smallest absolute Gasteiger partial charge is 0.255 e. The van der Waals surface area contributed by atoms with Crippen molar-refractivity contribution in [3.8, 4) is 11.5 Å². The van der Waals surface area contributed by atoms with E-state index in [-0.39, 0.29) is 17.2 Å². The zero-order valence-corrected chi connectivity index (χ0v) is 11.5. The molecule has 18 heavy (non-hydrogen) atoms. The highest BCUT2D eigenvalue weighted by Gasteiger charge is 2.22. The minimum absolute atomic E-state index is 0.0741. The van der Waals surface area contributed by atoms with E-state index in [1.807, 2.05) is 13.8 Å². The fourth-order valence-electron chi connectivity index (χ4n) is 1.50. The number of ether oxygens (including phenoxy) is 1. The molecule has 2 N–H and O–H groups in total. The number of methoxy groups -OCH3 is 1. The van der Waals surface area contributed by atoms with Crippen molar-refractivity contribution < 1.29 is 14.6 Å². The Kier molecular flexibility index (Phi) is 4.84. The van der Waals surface area contributed by atoms with E-state index in [1.165, 1.54) is 19.2 Å². The molecule has 1 aromatic carbocycles. The molecular weight excluding hydrogens is 254 g/mol. The number of carbonyl (C=O) groups excluding carboxylic acids is 1. The molecule has 0 aliphatic carbocycles. The highest BCUT2D eigenvalue weighted by Crippen LogP contribution is 2.23. The summed E-state index contributed by atoms with van der Waals surface area (Å²) in [5.74, 6) is 0.557. The molecule has 0 unspecified atom stereocenters. The van der Waals surface area contributed by atoms with Gasteiger partial charge in [-0.1, -0.05) is 0 Å². The highest BCUT2D eigenvalue weighted by molar-refractivity contribution is 6.17. The zero-order valence-electron chi connectivity index (χ0n) is 10.8. The highest BCUT2D eigenvalue weighted by atomic mass is 35.5. The first-order valence-electron chi connectivity index (χ1n) is 5.65. The lowest BCUT2D eigenvalue weighted by Gasteiger charge is -2.25. The molecule has 4 nitrogen and oxygen atoms in total. The number of aromatic hydroxyl groups is 1. The Balaban J connectivity index is 2.90. The van der Waals surface area contributed by atoms with Crippen LogP contribution in [-0.2, 0) is 0 Å². The zero-order chi connectivity index (χ0) is 13.8. The van der Waals surface area contributed by atoms with Crippen molar-refractivity contribution in [3.63, 3.8) is 0 Å². The van der Waals surface area contributed by atoms with Gasteiger partial charge in [0.25, 0.3) is 5.91 Å².